The second-order valence-electron chi connectivity index (χ2n) is 5.60. The predicted octanol–water partition coefficient (Wildman–Crippen LogP) is 3.52. The topological polar surface area (TPSA) is 38.8 Å². The number of thiophene rings is 1. The molecular weight excluding hydrogens is 377 g/mol. The third-order valence-electron chi connectivity index (χ3n) is 2.85. The van der Waals surface area contributed by atoms with E-state index in [0.717, 1.165) is 15.7 Å². The highest BCUT2D eigenvalue weighted by Crippen LogP contribution is 2.36. The van der Waals surface area contributed by atoms with E-state index in [4.69, 9.17) is 9.47 Å². The van der Waals surface area contributed by atoms with E-state index in [2.05, 4.69) is 28.0 Å². The Kier molecular flexibility index (Phi) is 4.29. The number of halogens is 1. The molecule has 0 aromatic carbocycles. The first-order valence-corrected chi connectivity index (χ1v) is 8.08. The van der Waals surface area contributed by atoms with E-state index in [-0.39, 0.29) is 12.1 Å². The van der Waals surface area contributed by atoms with Gasteiger partial charge in [-0.05, 0) is 43.4 Å². The van der Waals surface area contributed by atoms with E-state index >= 15 is 0 Å². The maximum absolute atomic E-state index is 12.0. The minimum Gasteiger partial charge on any atom is -0.489 e. The molecule has 0 saturated carbocycles. The molecule has 1 aliphatic rings. The Morgan fingerprint density at radius 2 is 2.26 bits per heavy atom. The van der Waals surface area contributed by atoms with Crippen molar-refractivity contribution >= 4 is 40.0 Å². The summed E-state index contributed by atoms with van der Waals surface area (Å²) in [7, 11) is 1.77. The average Bonchev–Trinajstić information content (AvgIpc) is 2.67. The van der Waals surface area contributed by atoms with Gasteiger partial charge in [-0.2, -0.15) is 0 Å². The molecule has 1 unspecified atom stereocenters. The second-order valence-corrected chi connectivity index (χ2v) is 7.72. The Morgan fingerprint density at radius 3 is 2.89 bits per heavy atom. The SMILES string of the molecule is CN(C(=O)OC(C)(C)C)C1COc2c(I)csc2C1. The molecule has 2 heterocycles. The van der Waals surface area contributed by atoms with Crippen LogP contribution in [0, 0.1) is 3.57 Å². The van der Waals surface area contributed by atoms with Crippen molar-refractivity contribution in [1.82, 2.24) is 4.90 Å². The number of carbonyl (C=O) groups excluding carboxylic acids is 1. The highest BCUT2D eigenvalue weighted by Gasteiger charge is 2.30. The van der Waals surface area contributed by atoms with Crippen LogP contribution in [0.1, 0.15) is 25.6 Å². The van der Waals surface area contributed by atoms with Crippen molar-refractivity contribution in [1.29, 1.82) is 0 Å². The number of ether oxygens (including phenoxy) is 2. The van der Waals surface area contributed by atoms with Crippen LogP contribution in [0.15, 0.2) is 5.38 Å². The summed E-state index contributed by atoms with van der Waals surface area (Å²) in [4.78, 5) is 14.9. The zero-order valence-electron chi connectivity index (χ0n) is 11.5. The van der Waals surface area contributed by atoms with E-state index in [0.29, 0.717) is 6.61 Å². The summed E-state index contributed by atoms with van der Waals surface area (Å²) in [5.41, 5.74) is -0.468. The van der Waals surface area contributed by atoms with Gasteiger partial charge in [0.25, 0.3) is 0 Å². The van der Waals surface area contributed by atoms with Crippen LogP contribution in [0.4, 0.5) is 4.79 Å². The Bertz CT molecular complexity index is 481. The fourth-order valence-corrected chi connectivity index (χ4v) is 3.80. The predicted molar refractivity (Wildman–Crippen MR) is 84.0 cm³/mol. The van der Waals surface area contributed by atoms with Gasteiger partial charge in [0.05, 0.1) is 9.61 Å². The van der Waals surface area contributed by atoms with Crippen LogP contribution in [0.5, 0.6) is 5.75 Å². The molecule has 4 nitrogen and oxygen atoms in total. The lowest BCUT2D eigenvalue weighted by molar-refractivity contribution is 0.0161. The monoisotopic (exact) mass is 395 g/mol. The second kappa shape index (κ2) is 5.47. The standard InChI is InChI=1S/C13H18INO3S/c1-13(2,3)18-12(16)15(4)8-5-10-11(17-6-8)9(14)7-19-10/h7-8H,5-6H2,1-4H3. The Hall–Kier alpha value is -0.500. The number of likely N-dealkylation sites (N-methyl/N-ethyl adjacent to an activating group) is 1. The Morgan fingerprint density at radius 1 is 1.58 bits per heavy atom. The van der Waals surface area contributed by atoms with Gasteiger partial charge in [-0.25, -0.2) is 4.79 Å². The van der Waals surface area contributed by atoms with Crippen molar-refractivity contribution in [3.8, 4) is 5.75 Å². The van der Waals surface area contributed by atoms with Crippen molar-refractivity contribution in [2.24, 2.45) is 0 Å². The minimum absolute atomic E-state index is 0.0387. The van der Waals surface area contributed by atoms with Gasteiger partial charge in [0.1, 0.15) is 18.0 Å². The van der Waals surface area contributed by atoms with Gasteiger partial charge >= 0.3 is 6.09 Å². The molecule has 0 saturated heterocycles. The van der Waals surface area contributed by atoms with Gasteiger partial charge in [-0.1, -0.05) is 0 Å². The number of hydrogen-bond acceptors (Lipinski definition) is 4. The molecule has 1 amide bonds. The number of nitrogens with zero attached hydrogens (tertiary/aromatic N) is 1. The third kappa shape index (κ3) is 3.53. The molecular formula is C13H18INO3S. The van der Waals surface area contributed by atoms with Crippen molar-refractivity contribution in [3.63, 3.8) is 0 Å². The van der Waals surface area contributed by atoms with Gasteiger partial charge in [-0.15, -0.1) is 11.3 Å². The molecule has 0 aliphatic carbocycles. The molecule has 0 spiro atoms. The van der Waals surface area contributed by atoms with Gasteiger partial charge in [0.15, 0.2) is 0 Å². The molecule has 0 bridgehead atoms. The number of rotatable bonds is 1. The van der Waals surface area contributed by atoms with Crippen molar-refractivity contribution < 1.29 is 14.3 Å². The quantitative estimate of drug-likeness (QED) is 0.683. The molecule has 106 valence electrons. The van der Waals surface area contributed by atoms with Crippen LogP contribution in [0.3, 0.4) is 0 Å². The maximum Gasteiger partial charge on any atom is 0.410 e. The normalized spacial score (nSPS) is 18.5. The first kappa shape index (κ1) is 14.9. The molecule has 1 atom stereocenters. The fraction of sp³-hybridized carbons (Fsp3) is 0.615. The van der Waals surface area contributed by atoms with Crippen LogP contribution < -0.4 is 4.74 Å². The van der Waals surface area contributed by atoms with Crippen LogP contribution in [-0.4, -0.2) is 36.3 Å². The van der Waals surface area contributed by atoms with E-state index < -0.39 is 5.60 Å². The fourth-order valence-electron chi connectivity index (χ4n) is 1.84. The van der Waals surface area contributed by atoms with Gasteiger partial charge in [-0.3, -0.25) is 0 Å². The number of hydrogen-bond donors (Lipinski definition) is 0. The summed E-state index contributed by atoms with van der Waals surface area (Å²) in [5.74, 6) is 0.986. The summed E-state index contributed by atoms with van der Waals surface area (Å²) < 4.78 is 12.3. The van der Waals surface area contributed by atoms with Gasteiger partial charge in [0, 0.05) is 23.7 Å². The van der Waals surface area contributed by atoms with E-state index in [9.17, 15) is 4.79 Å². The molecule has 0 fully saturated rings. The van der Waals surface area contributed by atoms with Crippen LogP contribution in [0.2, 0.25) is 0 Å². The first-order chi connectivity index (χ1) is 8.78. The lowest BCUT2D eigenvalue weighted by Crippen LogP contribution is -2.46. The highest BCUT2D eigenvalue weighted by molar-refractivity contribution is 14.1. The van der Waals surface area contributed by atoms with E-state index in [1.54, 1.807) is 23.3 Å². The van der Waals surface area contributed by atoms with Crippen molar-refractivity contribution in [2.75, 3.05) is 13.7 Å². The third-order valence-corrected chi connectivity index (χ3v) is 5.06. The van der Waals surface area contributed by atoms with E-state index in [1.165, 1.54) is 4.88 Å². The molecule has 1 aromatic rings. The van der Waals surface area contributed by atoms with Crippen LogP contribution >= 0.6 is 33.9 Å². The number of amides is 1. The number of fused-ring (bicyclic) bond motifs is 1. The molecule has 6 heteroatoms. The molecule has 19 heavy (non-hydrogen) atoms. The molecule has 0 radical (unpaired) electrons. The Balaban J connectivity index is 2.02. The van der Waals surface area contributed by atoms with Crippen molar-refractivity contribution in [3.05, 3.63) is 13.8 Å². The first-order valence-electron chi connectivity index (χ1n) is 6.12. The smallest absolute Gasteiger partial charge is 0.410 e. The van der Waals surface area contributed by atoms with Crippen LogP contribution in [-0.2, 0) is 11.2 Å². The molecule has 1 aromatic heterocycles. The lowest BCUT2D eigenvalue weighted by atomic mass is 10.1. The summed E-state index contributed by atoms with van der Waals surface area (Å²) in [6.07, 6.45) is 0.537. The zero-order valence-corrected chi connectivity index (χ0v) is 14.5. The molecule has 0 N–H and O–H groups in total. The Labute approximate surface area is 131 Å². The summed E-state index contributed by atoms with van der Waals surface area (Å²) in [5, 5.41) is 2.08. The lowest BCUT2D eigenvalue weighted by Gasteiger charge is -2.32. The largest absolute Gasteiger partial charge is 0.489 e. The highest BCUT2D eigenvalue weighted by atomic mass is 127. The van der Waals surface area contributed by atoms with E-state index in [1.807, 2.05) is 20.8 Å². The molecule has 2 rings (SSSR count). The summed E-state index contributed by atoms with van der Waals surface area (Å²) in [6, 6.07) is 0.0387. The van der Waals surface area contributed by atoms with Gasteiger partial charge < -0.3 is 14.4 Å². The minimum atomic E-state index is -0.468. The molecule has 1 aliphatic heterocycles. The average molecular weight is 395 g/mol. The van der Waals surface area contributed by atoms with Crippen molar-refractivity contribution in [2.45, 2.75) is 38.8 Å². The summed E-state index contributed by atoms with van der Waals surface area (Å²) >= 11 is 3.96. The number of carbonyl (C=O) groups is 1. The maximum atomic E-state index is 12.0. The summed E-state index contributed by atoms with van der Waals surface area (Å²) in [6.45, 7) is 6.14. The van der Waals surface area contributed by atoms with Crippen LogP contribution in [0.25, 0.3) is 0 Å². The zero-order chi connectivity index (χ0) is 14.2. The van der Waals surface area contributed by atoms with Gasteiger partial charge in [0.2, 0.25) is 0 Å².